The third-order valence-corrected chi connectivity index (χ3v) is 5.32. The highest BCUT2D eigenvalue weighted by Gasteiger charge is 2.37. The molecule has 0 bridgehead atoms. The molecule has 2 heteroatoms. The van der Waals surface area contributed by atoms with E-state index in [1.807, 2.05) is 6.08 Å². The molecule has 0 spiro atoms. The molecule has 2 unspecified atom stereocenters. The monoisotopic (exact) mass is 290 g/mol. The third-order valence-electron chi connectivity index (χ3n) is 5.32. The SMILES string of the molecule is C=C/C(=C\C)N(CC)CCCC(N)C(C)(C)C(C)C1C=C1. The number of nitrogens with two attached hydrogens (primary N) is 1. The first-order valence-corrected chi connectivity index (χ1v) is 8.36. The van der Waals surface area contributed by atoms with E-state index in [0.717, 1.165) is 25.9 Å². The van der Waals surface area contributed by atoms with Crippen LogP contribution in [-0.4, -0.2) is 24.0 Å². The quantitative estimate of drug-likeness (QED) is 0.478. The molecule has 0 saturated heterocycles. The van der Waals surface area contributed by atoms with Gasteiger partial charge in [-0.25, -0.2) is 0 Å². The van der Waals surface area contributed by atoms with Crippen molar-refractivity contribution in [3.63, 3.8) is 0 Å². The van der Waals surface area contributed by atoms with Crippen LogP contribution in [0.3, 0.4) is 0 Å². The molecule has 0 aromatic rings. The van der Waals surface area contributed by atoms with Crippen molar-refractivity contribution in [3.05, 3.63) is 36.6 Å². The molecule has 1 aliphatic rings. The Hall–Kier alpha value is -1.02. The second kappa shape index (κ2) is 7.84. The van der Waals surface area contributed by atoms with Crippen LogP contribution in [0.15, 0.2) is 36.6 Å². The number of likely N-dealkylation sites (N-methyl/N-ethyl adjacent to an activating group) is 1. The van der Waals surface area contributed by atoms with Crippen LogP contribution in [0.1, 0.15) is 47.5 Å². The average molecular weight is 290 g/mol. The molecule has 0 aliphatic heterocycles. The van der Waals surface area contributed by atoms with Crippen LogP contribution < -0.4 is 5.73 Å². The topological polar surface area (TPSA) is 29.3 Å². The first kappa shape index (κ1) is 18.0. The Labute approximate surface area is 131 Å². The maximum atomic E-state index is 6.51. The minimum Gasteiger partial charge on any atom is -0.372 e. The van der Waals surface area contributed by atoms with Crippen molar-refractivity contribution in [3.8, 4) is 0 Å². The van der Waals surface area contributed by atoms with Gasteiger partial charge in [0.1, 0.15) is 0 Å². The van der Waals surface area contributed by atoms with E-state index in [1.165, 1.54) is 5.70 Å². The highest BCUT2D eigenvalue weighted by atomic mass is 15.1. The second-order valence-electron chi connectivity index (χ2n) is 6.82. The Morgan fingerprint density at radius 3 is 2.48 bits per heavy atom. The number of rotatable bonds is 10. The van der Waals surface area contributed by atoms with Crippen LogP contribution in [0.25, 0.3) is 0 Å². The standard InChI is InChI=1S/C19H34N2/c1-7-17(8-2)21(9-3)14-10-11-18(20)19(5,6)15(4)16-12-13-16/h7-8,12-13,15-16,18H,1,9-11,14,20H2,2-6H3/b17-8+. The lowest BCUT2D eigenvalue weighted by molar-refractivity contribution is 0.156. The van der Waals surface area contributed by atoms with Gasteiger partial charge < -0.3 is 10.6 Å². The van der Waals surface area contributed by atoms with Crippen LogP contribution >= 0.6 is 0 Å². The largest absolute Gasteiger partial charge is 0.372 e. The van der Waals surface area contributed by atoms with Gasteiger partial charge in [0, 0.05) is 24.8 Å². The van der Waals surface area contributed by atoms with E-state index < -0.39 is 0 Å². The van der Waals surface area contributed by atoms with Gasteiger partial charge in [-0.1, -0.05) is 45.6 Å². The van der Waals surface area contributed by atoms with Crippen molar-refractivity contribution >= 4 is 0 Å². The van der Waals surface area contributed by atoms with Gasteiger partial charge in [0.05, 0.1) is 0 Å². The molecule has 0 aromatic carbocycles. The van der Waals surface area contributed by atoms with Gasteiger partial charge in [0.25, 0.3) is 0 Å². The molecule has 0 radical (unpaired) electrons. The first-order chi connectivity index (χ1) is 9.88. The van der Waals surface area contributed by atoms with Crippen LogP contribution in [0.5, 0.6) is 0 Å². The Bertz CT molecular complexity index is 386. The minimum atomic E-state index is 0.188. The normalized spacial score (nSPS) is 18.5. The molecule has 0 amide bonds. The van der Waals surface area contributed by atoms with Crippen LogP contribution in [0, 0.1) is 17.3 Å². The molecule has 1 rings (SSSR count). The van der Waals surface area contributed by atoms with Crippen molar-refractivity contribution < 1.29 is 0 Å². The zero-order valence-electron chi connectivity index (χ0n) is 14.6. The molecule has 2 N–H and O–H groups in total. The van der Waals surface area contributed by atoms with Gasteiger partial charge in [-0.05, 0) is 50.0 Å². The summed E-state index contributed by atoms with van der Waals surface area (Å²) in [5.74, 6) is 1.31. The summed E-state index contributed by atoms with van der Waals surface area (Å²) in [7, 11) is 0. The smallest absolute Gasteiger partial charge is 0.0316 e. The predicted molar refractivity (Wildman–Crippen MR) is 94.0 cm³/mol. The summed E-state index contributed by atoms with van der Waals surface area (Å²) in [5, 5.41) is 0. The minimum absolute atomic E-state index is 0.188. The fraction of sp³-hybridized carbons (Fsp3) is 0.684. The molecule has 1 aliphatic carbocycles. The van der Waals surface area contributed by atoms with Crippen molar-refractivity contribution in [1.82, 2.24) is 4.90 Å². The molecule has 21 heavy (non-hydrogen) atoms. The lowest BCUT2D eigenvalue weighted by atomic mass is 9.70. The Kier molecular flexibility index (Phi) is 6.73. The Morgan fingerprint density at radius 2 is 2.05 bits per heavy atom. The lowest BCUT2D eigenvalue weighted by Crippen LogP contribution is -2.43. The summed E-state index contributed by atoms with van der Waals surface area (Å²) in [4.78, 5) is 2.37. The molecule has 0 fully saturated rings. The average Bonchev–Trinajstić information content (AvgIpc) is 3.30. The molecule has 0 heterocycles. The molecule has 2 nitrogen and oxygen atoms in total. The zero-order valence-corrected chi connectivity index (χ0v) is 14.6. The van der Waals surface area contributed by atoms with E-state index in [9.17, 15) is 0 Å². The first-order valence-electron chi connectivity index (χ1n) is 8.36. The third kappa shape index (κ3) is 4.74. The van der Waals surface area contributed by atoms with Crippen molar-refractivity contribution in [2.24, 2.45) is 23.0 Å². The van der Waals surface area contributed by atoms with Gasteiger partial charge in [0.15, 0.2) is 0 Å². The van der Waals surface area contributed by atoms with E-state index >= 15 is 0 Å². The van der Waals surface area contributed by atoms with E-state index in [0.29, 0.717) is 11.8 Å². The summed E-state index contributed by atoms with van der Waals surface area (Å²) in [6.45, 7) is 17.2. The molecular formula is C19H34N2. The summed E-state index contributed by atoms with van der Waals surface area (Å²) in [6, 6.07) is 0.256. The van der Waals surface area contributed by atoms with Crippen LogP contribution in [0.4, 0.5) is 0 Å². The summed E-state index contributed by atoms with van der Waals surface area (Å²) in [5.41, 5.74) is 7.92. The van der Waals surface area contributed by atoms with E-state index in [1.54, 1.807) is 0 Å². The van der Waals surface area contributed by atoms with E-state index in [2.05, 4.69) is 64.3 Å². The summed E-state index contributed by atoms with van der Waals surface area (Å²) >= 11 is 0. The van der Waals surface area contributed by atoms with E-state index in [4.69, 9.17) is 5.73 Å². The number of hydrogen-bond donors (Lipinski definition) is 1. The van der Waals surface area contributed by atoms with Gasteiger partial charge in [-0.15, -0.1) is 0 Å². The molecular weight excluding hydrogens is 256 g/mol. The van der Waals surface area contributed by atoms with Crippen molar-refractivity contribution in [1.29, 1.82) is 0 Å². The zero-order chi connectivity index (χ0) is 16.0. The van der Waals surface area contributed by atoms with E-state index in [-0.39, 0.29) is 11.5 Å². The van der Waals surface area contributed by atoms with Crippen LogP contribution in [0.2, 0.25) is 0 Å². The van der Waals surface area contributed by atoms with Gasteiger partial charge in [0.2, 0.25) is 0 Å². The summed E-state index contributed by atoms with van der Waals surface area (Å²) < 4.78 is 0. The number of allylic oxidation sites excluding steroid dienone is 4. The molecule has 2 atom stereocenters. The molecule has 120 valence electrons. The second-order valence-corrected chi connectivity index (χ2v) is 6.82. The number of hydrogen-bond acceptors (Lipinski definition) is 2. The van der Waals surface area contributed by atoms with Gasteiger partial charge in [-0.3, -0.25) is 0 Å². The highest BCUT2D eigenvalue weighted by Crippen LogP contribution is 2.41. The Morgan fingerprint density at radius 1 is 1.43 bits per heavy atom. The van der Waals surface area contributed by atoms with Crippen molar-refractivity contribution in [2.45, 2.75) is 53.5 Å². The fourth-order valence-electron chi connectivity index (χ4n) is 3.00. The maximum Gasteiger partial charge on any atom is 0.0316 e. The van der Waals surface area contributed by atoms with Crippen molar-refractivity contribution in [2.75, 3.05) is 13.1 Å². The predicted octanol–water partition coefficient (Wildman–Crippen LogP) is 4.35. The van der Waals surface area contributed by atoms with Gasteiger partial charge >= 0.3 is 0 Å². The summed E-state index contributed by atoms with van der Waals surface area (Å²) in [6.07, 6.45) is 10.9. The fourth-order valence-corrected chi connectivity index (χ4v) is 3.00. The number of nitrogens with zero attached hydrogens (tertiary/aromatic N) is 1. The lowest BCUT2D eigenvalue weighted by Gasteiger charge is -2.38. The highest BCUT2D eigenvalue weighted by molar-refractivity contribution is 5.17. The van der Waals surface area contributed by atoms with Gasteiger partial charge in [-0.2, -0.15) is 0 Å². The Balaban J connectivity index is 2.44. The molecule has 0 saturated carbocycles. The maximum absolute atomic E-state index is 6.51. The van der Waals surface area contributed by atoms with Crippen LogP contribution in [-0.2, 0) is 0 Å². The molecule has 0 aromatic heterocycles.